The van der Waals surface area contributed by atoms with Crippen LogP contribution in [0.5, 0.6) is 5.75 Å². The monoisotopic (exact) mass is 447 g/mol. The second-order valence-corrected chi connectivity index (χ2v) is 9.50. The summed E-state index contributed by atoms with van der Waals surface area (Å²) in [7, 11) is 1.54. The molecule has 0 heterocycles. The van der Waals surface area contributed by atoms with Crippen molar-refractivity contribution in [1.82, 2.24) is 10.4 Å². The van der Waals surface area contributed by atoms with Gasteiger partial charge >= 0.3 is 0 Å². The topological polar surface area (TPSA) is 108 Å². The predicted molar refractivity (Wildman–Crippen MR) is 124 cm³/mol. The molecule has 0 aliphatic carbocycles. The number of carbonyl (C=O) groups is 3. The van der Waals surface area contributed by atoms with E-state index in [2.05, 4.69) is 17.2 Å². The number of nitrogens with zero attached hydrogens (tertiary/aromatic N) is 1. The maximum atomic E-state index is 13.1. The zero-order valence-corrected chi connectivity index (χ0v) is 20.2. The fourth-order valence-corrected chi connectivity index (χ4v) is 3.21. The first-order valence-corrected chi connectivity index (χ1v) is 10.7. The van der Waals surface area contributed by atoms with Crippen LogP contribution in [0.3, 0.4) is 0 Å². The lowest BCUT2D eigenvalue weighted by atomic mass is 9.85. The van der Waals surface area contributed by atoms with Gasteiger partial charge in [-0.15, -0.1) is 0 Å². The van der Waals surface area contributed by atoms with E-state index in [4.69, 9.17) is 4.74 Å². The molecule has 0 bridgehead atoms. The lowest BCUT2D eigenvalue weighted by Gasteiger charge is -2.32. The van der Waals surface area contributed by atoms with Gasteiger partial charge < -0.3 is 15.4 Å². The maximum Gasteiger partial charge on any atom is 0.251 e. The molecule has 8 nitrogen and oxygen atoms in total. The Bertz CT molecular complexity index is 829. The molecule has 32 heavy (non-hydrogen) atoms. The summed E-state index contributed by atoms with van der Waals surface area (Å²) in [5.74, 6) is -1.38. The first-order valence-electron chi connectivity index (χ1n) is 10.7. The second-order valence-electron chi connectivity index (χ2n) is 9.50. The van der Waals surface area contributed by atoms with Crippen molar-refractivity contribution in [3.8, 4) is 5.75 Å². The van der Waals surface area contributed by atoms with Gasteiger partial charge in [-0.3, -0.25) is 19.6 Å². The van der Waals surface area contributed by atoms with Gasteiger partial charge in [0.1, 0.15) is 11.8 Å². The number of benzene rings is 1. The van der Waals surface area contributed by atoms with Gasteiger partial charge in [0, 0.05) is 29.8 Å². The molecular weight excluding hydrogens is 410 g/mol. The van der Waals surface area contributed by atoms with E-state index in [0.29, 0.717) is 22.9 Å². The molecule has 3 amide bonds. The first kappa shape index (κ1) is 27.2. The highest BCUT2D eigenvalue weighted by atomic mass is 16.5. The van der Waals surface area contributed by atoms with Crippen molar-refractivity contribution >= 4 is 23.4 Å². The minimum Gasteiger partial charge on any atom is -0.497 e. The van der Waals surface area contributed by atoms with E-state index in [-0.39, 0.29) is 23.9 Å². The molecule has 1 aromatic rings. The molecule has 2 atom stereocenters. The van der Waals surface area contributed by atoms with Gasteiger partial charge in [0.05, 0.1) is 7.11 Å². The maximum absolute atomic E-state index is 13.1. The van der Waals surface area contributed by atoms with Gasteiger partial charge in [-0.2, -0.15) is 5.06 Å². The van der Waals surface area contributed by atoms with Crippen molar-refractivity contribution in [2.24, 2.45) is 17.3 Å². The molecule has 0 aromatic heterocycles. The van der Waals surface area contributed by atoms with Crippen LogP contribution in [0.15, 0.2) is 36.5 Å². The molecular formula is C24H37N3O5. The fourth-order valence-electron chi connectivity index (χ4n) is 3.21. The van der Waals surface area contributed by atoms with Crippen molar-refractivity contribution in [2.75, 3.05) is 12.4 Å². The number of ether oxygens (including phenoxy) is 1. The third-order valence-electron chi connectivity index (χ3n) is 4.90. The number of rotatable bonds is 10. The fraction of sp³-hybridized carbons (Fsp3) is 0.542. The van der Waals surface area contributed by atoms with E-state index >= 15 is 0 Å². The number of nitrogens with one attached hydrogen (secondary N) is 2. The molecule has 1 rings (SSSR count). The van der Waals surface area contributed by atoms with E-state index in [9.17, 15) is 19.6 Å². The Morgan fingerprint density at radius 1 is 1.19 bits per heavy atom. The molecule has 1 unspecified atom stereocenters. The van der Waals surface area contributed by atoms with E-state index in [1.807, 2.05) is 34.6 Å². The molecule has 0 fully saturated rings. The van der Waals surface area contributed by atoms with Gasteiger partial charge in [-0.1, -0.05) is 47.3 Å². The quantitative estimate of drug-likeness (QED) is 0.372. The molecule has 0 aliphatic rings. The summed E-state index contributed by atoms with van der Waals surface area (Å²) in [5.41, 5.74) is 0.124. The Hall–Kier alpha value is -2.87. The van der Waals surface area contributed by atoms with Crippen LogP contribution < -0.4 is 15.4 Å². The standard InChI is InChI=1S/C24H37N3O5/c1-15(2)12-17(13-20(28)27(31)16(3)4)22(29)26-21(24(5,6)7)23(30)25-18-10-9-11-19(14-18)32-8/h9-11,14-15,17,21,31H,3,12-13H2,1-2,4-8H3,(H,25,30)(H,26,29)/t17-,21?/m1/s1. The number of hydroxylamine groups is 2. The lowest BCUT2D eigenvalue weighted by Crippen LogP contribution is -2.53. The van der Waals surface area contributed by atoms with E-state index < -0.39 is 29.2 Å². The summed E-state index contributed by atoms with van der Waals surface area (Å²) in [6.45, 7) is 14.5. The Labute approximate surface area is 191 Å². The lowest BCUT2D eigenvalue weighted by molar-refractivity contribution is -0.159. The van der Waals surface area contributed by atoms with Gasteiger partial charge in [-0.05, 0) is 36.8 Å². The minimum absolute atomic E-state index is 0.134. The number of hydrogen-bond donors (Lipinski definition) is 3. The van der Waals surface area contributed by atoms with Crippen LogP contribution in [0.1, 0.15) is 54.4 Å². The third-order valence-corrected chi connectivity index (χ3v) is 4.90. The summed E-state index contributed by atoms with van der Waals surface area (Å²) in [4.78, 5) is 38.5. The normalized spacial score (nSPS) is 13.2. The van der Waals surface area contributed by atoms with Gasteiger partial charge in [0.25, 0.3) is 5.91 Å². The number of anilines is 1. The van der Waals surface area contributed by atoms with Crippen LogP contribution in [0.2, 0.25) is 0 Å². The van der Waals surface area contributed by atoms with Gasteiger partial charge in [0.2, 0.25) is 11.8 Å². The number of amides is 3. The average molecular weight is 448 g/mol. The summed E-state index contributed by atoms with van der Waals surface area (Å²) in [6.07, 6.45) is 0.234. The van der Waals surface area contributed by atoms with Gasteiger partial charge in [-0.25, -0.2) is 0 Å². The zero-order chi connectivity index (χ0) is 24.6. The van der Waals surface area contributed by atoms with Crippen molar-refractivity contribution in [3.05, 3.63) is 36.5 Å². The predicted octanol–water partition coefficient (Wildman–Crippen LogP) is 3.97. The molecule has 0 radical (unpaired) electrons. The molecule has 3 N–H and O–H groups in total. The summed E-state index contributed by atoms with van der Waals surface area (Å²) in [5, 5.41) is 15.9. The largest absolute Gasteiger partial charge is 0.497 e. The summed E-state index contributed by atoms with van der Waals surface area (Å²) < 4.78 is 5.19. The van der Waals surface area contributed by atoms with E-state index in [1.54, 1.807) is 24.3 Å². The number of allylic oxidation sites excluding steroid dienone is 1. The zero-order valence-electron chi connectivity index (χ0n) is 20.2. The smallest absolute Gasteiger partial charge is 0.251 e. The van der Waals surface area contributed by atoms with Crippen LogP contribution in [0, 0.1) is 17.3 Å². The molecule has 0 aliphatic heterocycles. The highest BCUT2D eigenvalue weighted by molar-refractivity contribution is 5.98. The molecule has 1 aromatic carbocycles. The van der Waals surface area contributed by atoms with Crippen LogP contribution >= 0.6 is 0 Å². The minimum atomic E-state index is -0.850. The average Bonchev–Trinajstić information content (AvgIpc) is 2.69. The Morgan fingerprint density at radius 3 is 2.31 bits per heavy atom. The highest BCUT2D eigenvalue weighted by Crippen LogP contribution is 2.24. The van der Waals surface area contributed by atoms with Crippen LogP contribution in [0.25, 0.3) is 0 Å². The molecule has 178 valence electrons. The molecule has 8 heteroatoms. The number of methoxy groups -OCH3 is 1. The van der Waals surface area contributed by atoms with Crippen molar-refractivity contribution in [2.45, 2.75) is 60.4 Å². The van der Waals surface area contributed by atoms with Crippen molar-refractivity contribution in [1.29, 1.82) is 0 Å². The molecule has 0 saturated carbocycles. The van der Waals surface area contributed by atoms with Crippen LogP contribution in [-0.4, -0.2) is 41.1 Å². The second kappa shape index (κ2) is 11.7. The van der Waals surface area contributed by atoms with Crippen molar-refractivity contribution < 1.29 is 24.3 Å². The number of hydrogen-bond acceptors (Lipinski definition) is 5. The molecule has 0 spiro atoms. The Kier molecular flexibility index (Phi) is 9.90. The van der Waals surface area contributed by atoms with Crippen LogP contribution in [-0.2, 0) is 14.4 Å². The van der Waals surface area contributed by atoms with Gasteiger partial charge in [0.15, 0.2) is 0 Å². The number of carbonyl (C=O) groups excluding carboxylic acids is 3. The van der Waals surface area contributed by atoms with E-state index in [1.165, 1.54) is 14.0 Å². The summed E-state index contributed by atoms with van der Waals surface area (Å²) >= 11 is 0. The Morgan fingerprint density at radius 2 is 1.81 bits per heavy atom. The third kappa shape index (κ3) is 8.34. The van der Waals surface area contributed by atoms with Crippen molar-refractivity contribution in [3.63, 3.8) is 0 Å². The van der Waals surface area contributed by atoms with E-state index in [0.717, 1.165) is 0 Å². The van der Waals surface area contributed by atoms with Crippen LogP contribution in [0.4, 0.5) is 5.69 Å². The summed E-state index contributed by atoms with van der Waals surface area (Å²) in [6, 6.07) is 6.09. The molecule has 0 saturated heterocycles. The Balaban J connectivity index is 3.05. The highest BCUT2D eigenvalue weighted by Gasteiger charge is 2.35. The SMILES string of the molecule is C=C(C)N(O)C(=O)C[C@@H](CC(C)C)C(=O)NC(C(=O)Nc1cccc(OC)c1)C(C)(C)C. The first-order chi connectivity index (χ1) is 14.8.